The number of halogens is 4. The van der Waals surface area contributed by atoms with Crippen molar-refractivity contribution in [2.24, 2.45) is 0 Å². The van der Waals surface area contributed by atoms with Crippen molar-refractivity contribution in [1.82, 2.24) is 9.80 Å². The summed E-state index contributed by atoms with van der Waals surface area (Å²) in [4.78, 5) is 16.0. The first-order chi connectivity index (χ1) is 9.76. The minimum Gasteiger partial charge on any atom is -0.405 e. The van der Waals surface area contributed by atoms with E-state index in [0.717, 1.165) is 6.07 Å². The zero-order valence-corrected chi connectivity index (χ0v) is 12.9. The van der Waals surface area contributed by atoms with Gasteiger partial charge in [0.1, 0.15) is 5.75 Å². The van der Waals surface area contributed by atoms with Gasteiger partial charge in [-0.05, 0) is 25.2 Å². The molecule has 116 valence electrons. The molecule has 1 saturated heterocycles. The number of nitrogens with zero attached hydrogens (tertiary/aromatic N) is 2. The monoisotopic (exact) mass is 366 g/mol. The normalized spacial score (nSPS) is 16.9. The third-order valence-corrected chi connectivity index (χ3v) is 3.68. The maximum Gasteiger partial charge on any atom is 0.573 e. The molecule has 1 aliphatic rings. The molecule has 0 saturated carbocycles. The summed E-state index contributed by atoms with van der Waals surface area (Å²) >= 11 is 3.16. The molecule has 1 amide bonds. The molecule has 0 bridgehead atoms. The molecule has 1 heterocycles. The van der Waals surface area contributed by atoms with Gasteiger partial charge in [-0.3, -0.25) is 4.79 Å². The number of hydrogen-bond acceptors (Lipinski definition) is 3. The summed E-state index contributed by atoms with van der Waals surface area (Å²) in [6, 6.07) is 3.89. The molecule has 0 atom stereocenters. The third-order valence-electron chi connectivity index (χ3n) is 3.19. The molecule has 8 heteroatoms. The van der Waals surface area contributed by atoms with E-state index in [-0.39, 0.29) is 5.56 Å². The van der Waals surface area contributed by atoms with Crippen molar-refractivity contribution in [3.05, 3.63) is 28.2 Å². The van der Waals surface area contributed by atoms with Gasteiger partial charge in [0.05, 0.1) is 5.56 Å². The molecule has 0 radical (unpaired) electrons. The maximum atomic E-state index is 12.4. The van der Waals surface area contributed by atoms with Gasteiger partial charge in [-0.15, -0.1) is 13.2 Å². The molecular formula is C13H14BrF3N2O2. The van der Waals surface area contributed by atoms with Crippen LogP contribution in [0.15, 0.2) is 22.7 Å². The Balaban J connectivity index is 2.24. The van der Waals surface area contributed by atoms with Crippen molar-refractivity contribution in [3.8, 4) is 5.75 Å². The number of amides is 1. The van der Waals surface area contributed by atoms with E-state index >= 15 is 0 Å². The minimum absolute atomic E-state index is 0.0914. The van der Waals surface area contributed by atoms with E-state index < -0.39 is 18.0 Å². The van der Waals surface area contributed by atoms with E-state index in [9.17, 15) is 18.0 Å². The van der Waals surface area contributed by atoms with E-state index in [1.54, 1.807) is 0 Å². The second-order valence-corrected chi connectivity index (χ2v) is 5.70. The summed E-state index contributed by atoms with van der Waals surface area (Å²) < 4.78 is 41.7. The van der Waals surface area contributed by atoms with Crippen molar-refractivity contribution in [2.75, 3.05) is 33.2 Å². The van der Waals surface area contributed by atoms with Crippen molar-refractivity contribution in [3.63, 3.8) is 0 Å². The number of hydrogen-bond donors (Lipinski definition) is 0. The van der Waals surface area contributed by atoms with Gasteiger partial charge in [-0.1, -0.05) is 15.9 Å². The summed E-state index contributed by atoms with van der Waals surface area (Å²) in [6.07, 6.45) is -4.83. The number of carbonyl (C=O) groups is 1. The van der Waals surface area contributed by atoms with E-state index in [1.807, 2.05) is 7.05 Å². The fourth-order valence-corrected chi connectivity index (χ4v) is 2.42. The van der Waals surface area contributed by atoms with Gasteiger partial charge in [0, 0.05) is 30.7 Å². The van der Waals surface area contributed by atoms with E-state index in [0.29, 0.717) is 30.7 Å². The quantitative estimate of drug-likeness (QED) is 0.806. The molecule has 1 aromatic carbocycles. The number of piperazine rings is 1. The smallest absolute Gasteiger partial charge is 0.405 e. The number of ether oxygens (including phenoxy) is 1. The topological polar surface area (TPSA) is 32.8 Å². The third kappa shape index (κ3) is 4.34. The highest BCUT2D eigenvalue weighted by atomic mass is 79.9. The summed E-state index contributed by atoms with van der Waals surface area (Å²) in [5.41, 5.74) is -0.0914. The largest absolute Gasteiger partial charge is 0.573 e. The highest BCUT2D eigenvalue weighted by Crippen LogP contribution is 2.30. The lowest BCUT2D eigenvalue weighted by Gasteiger charge is -2.32. The molecule has 1 aliphatic heterocycles. The molecule has 2 rings (SSSR count). The Bertz CT molecular complexity index is 529. The van der Waals surface area contributed by atoms with Gasteiger partial charge in [0.2, 0.25) is 0 Å². The lowest BCUT2D eigenvalue weighted by Crippen LogP contribution is -2.47. The van der Waals surface area contributed by atoms with Gasteiger partial charge >= 0.3 is 6.36 Å². The second-order valence-electron chi connectivity index (χ2n) is 4.78. The minimum atomic E-state index is -4.83. The van der Waals surface area contributed by atoms with E-state index in [1.165, 1.54) is 17.0 Å². The maximum absolute atomic E-state index is 12.4. The van der Waals surface area contributed by atoms with E-state index in [4.69, 9.17) is 0 Å². The zero-order chi connectivity index (χ0) is 15.6. The van der Waals surface area contributed by atoms with Gasteiger partial charge in [-0.25, -0.2) is 0 Å². The molecule has 0 spiro atoms. The lowest BCUT2D eigenvalue weighted by atomic mass is 10.1. The Morgan fingerprint density at radius 2 is 1.86 bits per heavy atom. The predicted molar refractivity (Wildman–Crippen MR) is 74.2 cm³/mol. The average molecular weight is 367 g/mol. The molecule has 0 unspecified atom stereocenters. The van der Waals surface area contributed by atoms with Crippen molar-refractivity contribution in [2.45, 2.75) is 6.36 Å². The summed E-state index contributed by atoms with van der Waals surface area (Å²) in [7, 11) is 1.93. The first kappa shape index (κ1) is 16.1. The fourth-order valence-electron chi connectivity index (χ4n) is 2.06. The van der Waals surface area contributed by atoms with Crippen LogP contribution in [-0.2, 0) is 0 Å². The Hall–Kier alpha value is -1.28. The van der Waals surface area contributed by atoms with Crippen LogP contribution in [0.5, 0.6) is 5.75 Å². The first-order valence-corrected chi connectivity index (χ1v) is 7.09. The van der Waals surface area contributed by atoms with Crippen LogP contribution in [0.3, 0.4) is 0 Å². The highest BCUT2D eigenvalue weighted by Gasteiger charge is 2.34. The number of carbonyl (C=O) groups excluding carboxylic acids is 1. The Morgan fingerprint density at radius 3 is 2.43 bits per heavy atom. The second kappa shape index (κ2) is 6.23. The Labute approximate surface area is 128 Å². The van der Waals surface area contributed by atoms with Crippen LogP contribution in [0.2, 0.25) is 0 Å². The summed E-state index contributed by atoms with van der Waals surface area (Å²) in [5.74, 6) is -0.932. The Kier molecular flexibility index (Phi) is 4.77. The molecule has 1 fully saturated rings. The number of alkyl halides is 3. The van der Waals surface area contributed by atoms with Gasteiger partial charge < -0.3 is 14.5 Å². The molecule has 0 aliphatic carbocycles. The SMILES string of the molecule is CN1CCN(C(=O)c2cc(Br)ccc2OC(F)(F)F)CC1. The standard InChI is InChI=1S/C13H14BrF3N2O2/c1-18-4-6-19(7-5-18)12(20)10-8-9(14)2-3-11(10)21-13(15,16)17/h2-3,8H,4-7H2,1H3. The van der Waals surface area contributed by atoms with Crippen molar-refractivity contribution >= 4 is 21.8 Å². The van der Waals surface area contributed by atoms with Crippen LogP contribution in [-0.4, -0.2) is 55.3 Å². The van der Waals surface area contributed by atoms with Crippen LogP contribution in [0.1, 0.15) is 10.4 Å². The van der Waals surface area contributed by atoms with Crippen LogP contribution >= 0.6 is 15.9 Å². The molecule has 21 heavy (non-hydrogen) atoms. The lowest BCUT2D eigenvalue weighted by molar-refractivity contribution is -0.274. The zero-order valence-electron chi connectivity index (χ0n) is 11.3. The van der Waals surface area contributed by atoms with Crippen LogP contribution in [0, 0.1) is 0 Å². The van der Waals surface area contributed by atoms with Gasteiger partial charge in [0.15, 0.2) is 0 Å². The van der Waals surface area contributed by atoms with Crippen LogP contribution in [0.4, 0.5) is 13.2 Å². The summed E-state index contributed by atoms with van der Waals surface area (Å²) in [6.45, 7) is 2.34. The number of likely N-dealkylation sites (N-methyl/N-ethyl adjacent to an activating group) is 1. The van der Waals surface area contributed by atoms with Gasteiger partial charge in [0.25, 0.3) is 5.91 Å². The fraction of sp³-hybridized carbons (Fsp3) is 0.462. The number of rotatable bonds is 2. The highest BCUT2D eigenvalue weighted by molar-refractivity contribution is 9.10. The van der Waals surface area contributed by atoms with Crippen molar-refractivity contribution in [1.29, 1.82) is 0 Å². The molecule has 1 aromatic rings. The molecular weight excluding hydrogens is 353 g/mol. The average Bonchev–Trinajstić information content (AvgIpc) is 2.39. The van der Waals surface area contributed by atoms with Crippen LogP contribution < -0.4 is 4.74 Å². The van der Waals surface area contributed by atoms with Crippen LogP contribution in [0.25, 0.3) is 0 Å². The molecule has 0 aromatic heterocycles. The van der Waals surface area contributed by atoms with Gasteiger partial charge in [-0.2, -0.15) is 0 Å². The Morgan fingerprint density at radius 1 is 1.24 bits per heavy atom. The van der Waals surface area contributed by atoms with Crippen molar-refractivity contribution < 1.29 is 22.7 Å². The summed E-state index contributed by atoms with van der Waals surface area (Å²) in [5, 5.41) is 0. The van der Waals surface area contributed by atoms with E-state index in [2.05, 4.69) is 25.6 Å². The molecule has 0 N–H and O–H groups in total. The molecule has 4 nitrogen and oxygen atoms in total. The number of benzene rings is 1. The first-order valence-electron chi connectivity index (χ1n) is 6.29. The predicted octanol–water partition coefficient (Wildman–Crippen LogP) is 2.74.